The fourth-order valence-electron chi connectivity index (χ4n) is 2.52. The van der Waals surface area contributed by atoms with Crippen molar-refractivity contribution in [3.05, 3.63) is 64.2 Å². The molecule has 1 aromatic heterocycles. The first-order valence-corrected chi connectivity index (χ1v) is 8.02. The second-order valence-electron chi connectivity index (χ2n) is 5.68. The molecule has 0 saturated carbocycles. The molecule has 0 aliphatic carbocycles. The van der Waals surface area contributed by atoms with Gasteiger partial charge in [0.15, 0.2) is 5.78 Å². The summed E-state index contributed by atoms with van der Waals surface area (Å²) in [5.41, 5.74) is 0.675. The van der Waals surface area contributed by atoms with Gasteiger partial charge in [0.05, 0.1) is 10.6 Å². The Bertz CT molecular complexity index is 695. The van der Waals surface area contributed by atoms with Crippen LogP contribution < -0.4 is 5.32 Å². The zero-order valence-corrected chi connectivity index (χ0v) is 14.2. The van der Waals surface area contributed by atoms with Crippen molar-refractivity contribution in [1.82, 2.24) is 10.3 Å². The largest absolute Gasteiger partial charge is 0.308 e. The number of carbonyl (C=O) groups excluding carboxylic acids is 1. The summed E-state index contributed by atoms with van der Waals surface area (Å²) in [6, 6.07) is 6.48. The van der Waals surface area contributed by atoms with Gasteiger partial charge >= 0.3 is 0 Å². The van der Waals surface area contributed by atoms with Crippen LogP contribution in [0.3, 0.4) is 0 Å². The van der Waals surface area contributed by atoms with Crippen LogP contribution in [-0.2, 0) is 0 Å². The van der Waals surface area contributed by atoms with E-state index in [1.54, 1.807) is 30.5 Å². The van der Waals surface area contributed by atoms with E-state index in [9.17, 15) is 9.18 Å². The molecule has 5 heteroatoms. The molecule has 1 atom stereocenters. The molecule has 2 aromatic rings. The molecule has 2 rings (SSSR count). The van der Waals surface area contributed by atoms with Crippen molar-refractivity contribution in [1.29, 1.82) is 0 Å². The van der Waals surface area contributed by atoms with Gasteiger partial charge in [-0.15, -0.1) is 0 Å². The molecule has 0 aliphatic rings. The highest BCUT2D eigenvalue weighted by atomic mass is 35.5. The van der Waals surface area contributed by atoms with Gasteiger partial charge in [0.25, 0.3) is 0 Å². The molecule has 0 spiro atoms. The van der Waals surface area contributed by atoms with E-state index >= 15 is 0 Å². The Labute approximate surface area is 142 Å². The summed E-state index contributed by atoms with van der Waals surface area (Å²) in [5, 5.41) is 3.42. The normalized spacial score (nSPS) is 12.4. The van der Waals surface area contributed by atoms with Crippen molar-refractivity contribution in [2.75, 3.05) is 0 Å². The summed E-state index contributed by atoms with van der Waals surface area (Å²) in [5.74, 6) is -1.02. The van der Waals surface area contributed by atoms with E-state index in [4.69, 9.17) is 11.6 Å². The third-order valence-corrected chi connectivity index (χ3v) is 3.90. The maximum Gasteiger partial charge on any atom is 0.199 e. The molecule has 0 aliphatic heterocycles. The second kappa shape index (κ2) is 7.66. The zero-order valence-electron chi connectivity index (χ0n) is 13.4. The third kappa shape index (κ3) is 3.95. The fourth-order valence-corrected chi connectivity index (χ4v) is 2.75. The molecule has 0 radical (unpaired) electrons. The SMILES string of the molecule is CC[C@@H](NC(C)C)c1ccc(Cl)c(C(=O)c2cccnc2)c1F.[HH]. The summed E-state index contributed by atoms with van der Waals surface area (Å²) >= 11 is 6.10. The number of hydrogen-bond acceptors (Lipinski definition) is 3. The molecule has 1 aromatic carbocycles. The van der Waals surface area contributed by atoms with Crippen molar-refractivity contribution in [2.45, 2.75) is 39.3 Å². The van der Waals surface area contributed by atoms with Gasteiger partial charge in [-0.05, 0) is 24.6 Å². The predicted molar refractivity (Wildman–Crippen MR) is 92.5 cm³/mol. The number of carbonyl (C=O) groups is 1. The molecule has 0 saturated heterocycles. The van der Waals surface area contributed by atoms with E-state index in [2.05, 4.69) is 10.3 Å². The van der Waals surface area contributed by atoms with Crippen LogP contribution in [0.1, 0.15) is 56.1 Å². The Balaban J connectivity index is 0.00000288. The Hall–Kier alpha value is -1.78. The van der Waals surface area contributed by atoms with Gasteiger partial charge in [-0.25, -0.2) is 4.39 Å². The van der Waals surface area contributed by atoms with E-state index in [0.717, 1.165) is 0 Å². The smallest absolute Gasteiger partial charge is 0.199 e. The first-order valence-electron chi connectivity index (χ1n) is 7.64. The van der Waals surface area contributed by atoms with Crippen molar-refractivity contribution in [2.24, 2.45) is 0 Å². The molecule has 23 heavy (non-hydrogen) atoms. The topological polar surface area (TPSA) is 42.0 Å². The highest BCUT2D eigenvalue weighted by molar-refractivity contribution is 6.35. The van der Waals surface area contributed by atoms with Gasteiger partial charge < -0.3 is 5.32 Å². The van der Waals surface area contributed by atoms with E-state index in [0.29, 0.717) is 17.5 Å². The van der Waals surface area contributed by atoms with E-state index < -0.39 is 11.6 Å². The number of benzene rings is 1. The number of hydrogen-bond donors (Lipinski definition) is 1. The summed E-state index contributed by atoms with van der Waals surface area (Å²) in [4.78, 5) is 16.5. The predicted octanol–water partition coefficient (Wildman–Crippen LogP) is 4.80. The van der Waals surface area contributed by atoms with E-state index in [1.807, 2.05) is 20.8 Å². The zero-order chi connectivity index (χ0) is 17.0. The molecular weight excluding hydrogens is 315 g/mol. The lowest BCUT2D eigenvalue weighted by Gasteiger charge is -2.22. The van der Waals surface area contributed by atoms with Gasteiger partial charge in [0, 0.05) is 37.0 Å². The Morgan fingerprint density at radius 2 is 2.13 bits per heavy atom. The van der Waals surface area contributed by atoms with Crippen LogP contribution in [-0.4, -0.2) is 16.8 Å². The standard InChI is InChI=1S/C18H20ClFN2O.H2/c1-4-15(22-11(2)3)13-7-8-14(19)16(17(13)20)18(23)12-6-5-9-21-10-12;/h5-11,15,22H,4H2,1-3H3;1H/t15-;/m1./s1. The molecule has 0 amide bonds. The van der Waals surface area contributed by atoms with Crippen LogP contribution in [0.2, 0.25) is 5.02 Å². The maximum absolute atomic E-state index is 15.0. The molecule has 124 valence electrons. The first-order chi connectivity index (χ1) is 11.0. The second-order valence-corrected chi connectivity index (χ2v) is 6.09. The van der Waals surface area contributed by atoms with E-state index in [-0.39, 0.29) is 24.1 Å². The highest BCUT2D eigenvalue weighted by Crippen LogP contribution is 2.29. The van der Waals surface area contributed by atoms with Gasteiger partial charge in [-0.2, -0.15) is 0 Å². The number of pyridine rings is 1. The van der Waals surface area contributed by atoms with Crippen LogP contribution in [0, 0.1) is 5.82 Å². The molecule has 0 fully saturated rings. The Kier molecular flexibility index (Phi) is 5.85. The summed E-state index contributed by atoms with van der Waals surface area (Å²) < 4.78 is 15.0. The van der Waals surface area contributed by atoms with Gasteiger partial charge in [0.2, 0.25) is 0 Å². The van der Waals surface area contributed by atoms with Crippen LogP contribution in [0.5, 0.6) is 0 Å². The minimum absolute atomic E-state index is 0. The minimum atomic E-state index is -0.564. The lowest BCUT2D eigenvalue weighted by Crippen LogP contribution is -2.28. The molecule has 0 bridgehead atoms. The first kappa shape index (κ1) is 17.6. The minimum Gasteiger partial charge on any atom is -0.308 e. The molecule has 0 unspecified atom stereocenters. The monoisotopic (exact) mass is 336 g/mol. The van der Waals surface area contributed by atoms with Gasteiger partial charge in [-0.3, -0.25) is 9.78 Å². The van der Waals surface area contributed by atoms with Crippen LogP contribution in [0.25, 0.3) is 0 Å². The van der Waals surface area contributed by atoms with E-state index in [1.165, 1.54) is 6.20 Å². The molecule has 1 N–H and O–H groups in total. The number of rotatable bonds is 6. The quantitative estimate of drug-likeness (QED) is 0.770. The average Bonchev–Trinajstić information content (AvgIpc) is 2.53. The molecule has 1 heterocycles. The van der Waals surface area contributed by atoms with Crippen molar-refractivity contribution >= 4 is 17.4 Å². The van der Waals surface area contributed by atoms with Gasteiger partial charge in [-0.1, -0.05) is 38.4 Å². The number of nitrogens with one attached hydrogen (secondary N) is 1. The number of aromatic nitrogens is 1. The third-order valence-electron chi connectivity index (χ3n) is 3.59. The number of nitrogens with zero attached hydrogens (tertiary/aromatic N) is 1. The number of ketones is 1. The summed E-state index contributed by atoms with van der Waals surface area (Å²) in [6.45, 7) is 5.97. The maximum atomic E-state index is 15.0. The van der Waals surface area contributed by atoms with Gasteiger partial charge in [0.1, 0.15) is 5.82 Å². The Morgan fingerprint density at radius 3 is 2.70 bits per heavy atom. The lowest BCUT2D eigenvalue weighted by molar-refractivity contribution is 0.103. The molecule has 3 nitrogen and oxygen atoms in total. The average molecular weight is 337 g/mol. The number of halogens is 2. The fraction of sp³-hybridized carbons (Fsp3) is 0.333. The van der Waals surface area contributed by atoms with Crippen molar-refractivity contribution < 1.29 is 10.6 Å². The highest BCUT2D eigenvalue weighted by Gasteiger charge is 2.24. The molecular formula is C18H22ClFN2O. The van der Waals surface area contributed by atoms with Crippen molar-refractivity contribution in [3.8, 4) is 0 Å². The van der Waals surface area contributed by atoms with Crippen LogP contribution in [0.15, 0.2) is 36.7 Å². The summed E-state index contributed by atoms with van der Waals surface area (Å²) in [6.07, 6.45) is 3.68. The van der Waals surface area contributed by atoms with Crippen LogP contribution in [0.4, 0.5) is 4.39 Å². The summed E-state index contributed by atoms with van der Waals surface area (Å²) in [7, 11) is 0. The lowest BCUT2D eigenvalue weighted by atomic mass is 9.96. The van der Waals surface area contributed by atoms with Crippen LogP contribution >= 0.6 is 11.6 Å². The van der Waals surface area contributed by atoms with Crippen molar-refractivity contribution in [3.63, 3.8) is 0 Å². The Morgan fingerprint density at radius 1 is 1.39 bits per heavy atom.